The quantitative estimate of drug-likeness (QED) is 0.218. The first-order valence-electron chi connectivity index (χ1n) is 14.2. The van der Waals surface area contributed by atoms with Crippen molar-refractivity contribution in [3.8, 4) is 16.9 Å². The van der Waals surface area contributed by atoms with Gasteiger partial charge in [0.1, 0.15) is 5.69 Å². The largest absolute Gasteiger partial charge is 0.355 e. The van der Waals surface area contributed by atoms with Crippen molar-refractivity contribution in [2.45, 2.75) is 60.4 Å². The van der Waals surface area contributed by atoms with Crippen molar-refractivity contribution >= 4 is 22.7 Å². The fraction of sp³-hybridized carbons (Fsp3) is 0.364. The molecule has 214 valence electrons. The molecule has 0 spiro atoms. The van der Waals surface area contributed by atoms with Gasteiger partial charge in [-0.05, 0) is 76.2 Å². The Kier molecular flexibility index (Phi) is 12.6. The molecule has 4 aromatic rings. The van der Waals surface area contributed by atoms with Crippen LogP contribution in [0.15, 0.2) is 72.8 Å². The summed E-state index contributed by atoms with van der Waals surface area (Å²) in [5, 5.41) is 15.0. The van der Waals surface area contributed by atoms with Crippen LogP contribution in [0.4, 0.5) is 0 Å². The molecule has 1 aromatic heterocycles. The van der Waals surface area contributed by atoms with Gasteiger partial charge in [0.05, 0.1) is 11.2 Å². The molecule has 3 N–H and O–H groups in total. The normalized spacial score (nSPS) is 10.6. The third-order valence-corrected chi connectivity index (χ3v) is 5.90. The molecule has 40 heavy (non-hydrogen) atoms. The molecule has 0 bridgehead atoms. The summed E-state index contributed by atoms with van der Waals surface area (Å²) >= 11 is 0. The van der Waals surface area contributed by atoms with E-state index >= 15 is 0 Å². The highest BCUT2D eigenvalue weighted by molar-refractivity contribution is 5.97. The standard InChI is InChI=1S/C29H33N5O2.2C2H6/c1-29(2,3)32-19-7-18-31-28(36)22-12-10-20(11-13-22)26-24-8-5-6-9-25(24)34(33-26)23-16-14-21(15-17-23)27(35)30-4;2*1-2/h5-6,8-17,32H,7,18-19H2,1-4H3,(H,30,35)(H,31,36);2*1-2H3. The van der Waals surface area contributed by atoms with Crippen LogP contribution in [-0.2, 0) is 0 Å². The number of amides is 2. The van der Waals surface area contributed by atoms with Gasteiger partial charge in [0.2, 0.25) is 0 Å². The third kappa shape index (κ3) is 8.52. The average molecular weight is 544 g/mol. The van der Waals surface area contributed by atoms with Crippen LogP contribution in [0.1, 0.15) is 75.6 Å². The summed E-state index contributed by atoms with van der Waals surface area (Å²) < 4.78 is 1.88. The first-order chi connectivity index (χ1) is 19.3. The van der Waals surface area contributed by atoms with Gasteiger partial charge in [-0.25, -0.2) is 4.68 Å². The van der Waals surface area contributed by atoms with Crippen molar-refractivity contribution in [2.75, 3.05) is 20.1 Å². The zero-order valence-electron chi connectivity index (χ0n) is 25.3. The molecule has 3 aromatic carbocycles. The van der Waals surface area contributed by atoms with Gasteiger partial charge < -0.3 is 16.0 Å². The van der Waals surface area contributed by atoms with Crippen molar-refractivity contribution in [3.63, 3.8) is 0 Å². The van der Waals surface area contributed by atoms with Crippen LogP contribution in [0, 0.1) is 0 Å². The number of nitrogens with zero attached hydrogens (tertiary/aromatic N) is 2. The zero-order chi connectivity index (χ0) is 29.7. The zero-order valence-corrected chi connectivity index (χ0v) is 25.3. The minimum absolute atomic E-state index is 0.0754. The summed E-state index contributed by atoms with van der Waals surface area (Å²) in [7, 11) is 1.62. The molecule has 2 amide bonds. The summed E-state index contributed by atoms with van der Waals surface area (Å²) in [5.74, 6) is -0.206. The molecule has 0 radical (unpaired) electrons. The van der Waals surface area contributed by atoms with E-state index in [1.165, 1.54) is 0 Å². The van der Waals surface area contributed by atoms with Gasteiger partial charge in [-0.15, -0.1) is 0 Å². The highest BCUT2D eigenvalue weighted by atomic mass is 16.2. The highest BCUT2D eigenvalue weighted by Crippen LogP contribution is 2.30. The molecule has 4 rings (SSSR count). The topological polar surface area (TPSA) is 88.0 Å². The Morgan fingerprint density at radius 2 is 1.35 bits per heavy atom. The van der Waals surface area contributed by atoms with E-state index in [1.807, 2.05) is 93.0 Å². The lowest BCUT2D eigenvalue weighted by Gasteiger charge is -2.20. The lowest BCUT2D eigenvalue weighted by molar-refractivity contribution is 0.0948. The van der Waals surface area contributed by atoms with E-state index < -0.39 is 0 Å². The van der Waals surface area contributed by atoms with Gasteiger partial charge in [-0.1, -0.05) is 58.0 Å². The molecule has 1 heterocycles. The van der Waals surface area contributed by atoms with Crippen LogP contribution >= 0.6 is 0 Å². The molecule has 0 aliphatic carbocycles. The Bertz CT molecular complexity index is 1350. The number of hydrogen-bond donors (Lipinski definition) is 3. The van der Waals surface area contributed by atoms with E-state index in [2.05, 4.69) is 36.7 Å². The average Bonchev–Trinajstić information content (AvgIpc) is 3.38. The molecular formula is C33H45N5O2. The van der Waals surface area contributed by atoms with Crippen LogP contribution in [0.5, 0.6) is 0 Å². The monoisotopic (exact) mass is 543 g/mol. The van der Waals surface area contributed by atoms with E-state index in [1.54, 1.807) is 19.2 Å². The third-order valence-electron chi connectivity index (χ3n) is 5.90. The van der Waals surface area contributed by atoms with Gasteiger partial charge in [0, 0.05) is 41.2 Å². The number of para-hydroxylation sites is 1. The number of aromatic nitrogens is 2. The SMILES string of the molecule is CC.CC.CNC(=O)c1ccc(-n2nc(-c3ccc(C(=O)NCCCNC(C)(C)C)cc3)c3ccccc32)cc1. The number of fused-ring (bicyclic) bond motifs is 1. The van der Waals surface area contributed by atoms with E-state index in [9.17, 15) is 9.59 Å². The second-order valence-corrected chi connectivity index (χ2v) is 9.77. The molecule has 7 heteroatoms. The van der Waals surface area contributed by atoms with Crippen molar-refractivity contribution in [1.82, 2.24) is 25.7 Å². The summed E-state index contributed by atoms with van der Waals surface area (Å²) in [5.41, 5.74) is 4.88. The molecule has 0 aliphatic heterocycles. The highest BCUT2D eigenvalue weighted by Gasteiger charge is 2.15. The molecule has 0 unspecified atom stereocenters. The minimum Gasteiger partial charge on any atom is -0.355 e. The second-order valence-electron chi connectivity index (χ2n) is 9.77. The number of rotatable bonds is 8. The Labute approximate surface area is 239 Å². The maximum atomic E-state index is 12.6. The maximum Gasteiger partial charge on any atom is 0.251 e. The smallest absolute Gasteiger partial charge is 0.251 e. The Balaban J connectivity index is 0.00000134. The first kappa shape index (κ1) is 32.2. The molecule has 0 saturated carbocycles. The van der Waals surface area contributed by atoms with E-state index in [0.29, 0.717) is 17.7 Å². The predicted octanol–water partition coefficient (Wildman–Crippen LogP) is 6.61. The van der Waals surface area contributed by atoms with E-state index in [-0.39, 0.29) is 17.4 Å². The summed E-state index contributed by atoms with van der Waals surface area (Å²) in [4.78, 5) is 24.5. The lowest BCUT2D eigenvalue weighted by Crippen LogP contribution is -2.37. The van der Waals surface area contributed by atoms with Gasteiger partial charge >= 0.3 is 0 Å². The Hall–Kier alpha value is -3.97. The fourth-order valence-corrected chi connectivity index (χ4v) is 4.01. The van der Waals surface area contributed by atoms with E-state index in [4.69, 9.17) is 5.10 Å². The van der Waals surface area contributed by atoms with Crippen LogP contribution in [0.2, 0.25) is 0 Å². The van der Waals surface area contributed by atoms with Gasteiger partial charge in [-0.3, -0.25) is 9.59 Å². The number of nitrogens with one attached hydrogen (secondary N) is 3. The summed E-state index contributed by atoms with van der Waals surface area (Å²) in [6, 6.07) is 22.9. The number of carbonyl (C=O) groups is 2. The summed E-state index contributed by atoms with van der Waals surface area (Å²) in [6.07, 6.45) is 0.870. The van der Waals surface area contributed by atoms with Gasteiger partial charge in [0.25, 0.3) is 11.8 Å². The second kappa shape index (κ2) is 15.6. The van der Waals surface area contributed by atoms with Crippen molar-refractivity contribution in [1.29, 1.82) is 0 Å². The van der Waals surface area contributed by atoms with Crippen LogP contribution in [0.25, 0.3) is 27.8 Å². The van der Waals surface area contributed by atoms with E-state index in [0.717, 1.165) is 40.8 Å². The van der Waals surface area contributed by atoms with Crippen LogP contribution in [0.3, 0.4) is 0 Å². The van der Waals surface area contributed by atoms with Gasteiger partial charge in [-0.2, -0.15) is 5.10 Å². The first-order valence-corrected chi connectivity index (χ1v) is 14.2. The molecular weight excluding hydrogens is 498 g/mol. The van der Waals surface area contributed by atoms with Crippen LogP contribution in [-0.4, -0.2) is 47.3 Å². The lowest BCUT2D eigenvalue weighted by atomic mass is 10.1. The fourth-order valence-electron chi connectivity index (χ4n) is 4.01. The molecule has 7 nitrogen and oxygen atoms in total. The van der Waals surface area contributed by atoms with Crippen molar-refractivity contribution < 1.29 is 9.59 Å². The van der Waals surface area contributed by atoms with Crippen molar-refractivity contribution in [2.24, 2.45) is 0 Å². The predicted molar refractivity (Wildman–Crippen MR) is 167 cm³/mol. The molecule has 0 atom stereocenters. The van der Waals surface area contributed by atoms with Crippen LogP contribution < -0.4 is 16.0 Å². The number of benzene rings is 3. The van der Waals surface area contributed by atoms with Crippen molar-refractivity contribution in [3.05, 3.63) is 83.9 Å². The summed E-state index contributed by atoms with van der Waals surface area (Å²) in [6.45, 7) is 15.9. The maximum absolute atomic E-state index is 12.6. The number of hydrogen-bond acceptors (Lipinski definition) is 4. The molecule has 0 aliphatic rings. The minimum atomic E-state index is -0.127. The molecule has 0 fully saturated rings. The van der Waals surface area contributed by atoms with Gasteiger partial charge in [0.15, 0.2) is 0 Å². The Morgan fingerprint density at radius 1 is 0.775 bits per heavy atom. The molecule has 0 saturated heterocycles. The Morgan fingerprint density at radius 3 is 1.95 bits per heavy atom. The number of carbonyl (C=O) groups excluding carboxylic acids is 2.